The van der Waals surface area contributed by atoms with Crippen LogP contribution in [0.5, 0.6) is 0 Å². The van der Waals surface area contributed by atoms with Crippen LogP contribution >= 0.6 is 0 Å². The average molecular weight is 541 g/mol. The monoisotopic (exact) mass is 540 g/mol. The van der Waals surface area contributed by atoms with Gasteiger partial charge in [0.05, 0.1) is 50.1 Å². The highest BCUT2D eigenvalue weighted by molar-refractivity contribution is 5.82. The van der Waals surface area contributed by atoms with Gasteiger partial charge in [0.2, 0.25) is 0 Å². The van der Waals surface area contributed by atoms with Gasteiger partial charge in [0.1, 0.15) is 0 Å². The molecule has 4 atom stereocenters. The number of carbonyl (C=O) groups is 4. The highest BCUT2D eigenvalue weighted by Crippen LogP contribution is 2.31. The van der Waals surface area contributed by atoms with Gasteiger partial charge in [-0.3, -0.25) is 19.2 Å². The van der Waals surface area contributed by atoms with Crippen molar-refractivity contribution in [3.05, 3.63) is 0 Å². The van der Waals surface area contributed by atoms with Gasteiger partial charge < -0.3 is 18.9 Å². The molecular weight excluding hydrogens is 488 g/mol. The Hall–Kier alpha value is -2.12. The van der Waals surface area contributed by atoms with Gasteiger partial charge in [0.15, 0.2) is 0 Å². The minimum absolute atomic E-state index is 0.230. The first-order valence-electron chi connectivity index (χ1n) is 15.1. The molecule has 220 valence electrons. The Morgan fingerprint density at radius 3 is 0.763 bits per heavy atom. The van der Waals surface area contributed by atoms with E-state index in [9.17, 15) is 19.2 Å². The van der Waals surface area contributed by atoms with Crippen molar-refractivity contribution >= 4 is 23.9 Å². The quantitative estimate of drug-likeness (QED) is 0.265. The molecule has 2 rings (SSSR count). The molecule has 0 aromatic rings. The fraction of sp³-hybridized carbons (Fsp3) is 0.867. The van der Waals surface area contributed by atoms with Crippen molar-refractivity contribution in [2.75, 3.05) is 26.4 Å². The molecule has 8 nitrogen and oxygen atoms in total. The first-order chi connectivity index (χ1) is 18.4. The van der Waals surface area contributed by atoms with Gasteiger partial charge in [-0.1, -0.05) is 64.2 Å². The summed E-state index contributed by atoms with van der Waals surface area (Å²) in [7, 11) is 0. The average Bonchev–Trinajstić information content (AvgIpc) is 2.87. The molecule has 0 aromatic heterocycles. The molecule has 0 radical (unpaired) electrons. The first kappa shape index (κ1) is 33.9. The van der Waals surface area contributed by atoms with Crippen LogP contribution in [0, 0.1) is 23.7 Å². The van der Waals surface area contributed by atoms with Gasteiger partial charge in [0.25, 0.3) is 0 Å². The molecule has 2 saturated carbocycles. The molecule has 0 aromatic carbocycles. The Kier molecular flexibility index (Phi) is 18.6. The van der Waals surface area contributed by atoms with Gasteiger partial charge in [0, 0.05) is 0 Å². The molecule has 0 spiro atoms. The fourth-order valence-corrected chi connectivity index (χ4v) is 5.45. The predicted octanol–water partition coefficient (Wildman–Crippen LogP) is 6.18. The molecule has 0 amide bonds. The second-order valence-electron chi connectivity index (χ2n) is 10.1. The third kappa shape index (κ3) is 12.6. The topological polar surface area (TPSA) is 105 Å². The molecule has 8 heteroatoms. The molecule has 2 fully saturated rings. The zero-order chi connectivity index (χ0) is 28.2. The molecule has 2 aliphatic rings. The summed E-state index contributed by atoms with van der Waals surface area (Å²) in [5.74, 6) is -2.22. The van der Waals surface area contributed by atoms with Gasteiger partial charge >= 0.3 is 23.9 Å². The van der Waals surface area contributed by atoms with E-state index in [0.29, 0.717) is 26.4 Å². The van der Waals surface area contributed by atoms with Crippen molar-refractivity contribution in [1.82, 2.24) is 0 Å². The highest BCUT2D eigenvalue weighted by Gasteiger charge is 2.36. The van der Waals surface area contributed by atoms with Crippen LogP contribution in [0.15, 0.2) is 0 Å². The van der Waals surface area contributed by atoms with Crippen molar-refractivity contribution in [3.8, 4) is 0 Å². The van der Waals surface area contributed by atoms with Crippen LogP contribution < -0.4 is 0 Å². The lowest BCUT2D eigenvalue weighted by Gasteiger charge is -2.26. The van der Waals surface area contributed by atoms with Crippen molar-refractivity contribution in [2.45, 2.75) is 118 Å². The van der Waals surface area contributed by atoms with Crippen LogP contribution in [0.4, 0.5) is 0 Å². The molecular formula is C30H52O8. The maximum atomic E-state index is 12.2. The fourth-order valence-electron chi connectivity index (χ4n) is 5.45. The standard InChI is InChI=1S/C16H28O4.C14H24O4/c1-3-19-15(17)13-11-9-7-5-6-8-10-12-14(13)16(18)20-4-2;1-3-17-13(15)11-9-7-5-6-8-10-12(11)14(16)18-4-2/h13-14H,3-12H2,1-2H3;11-12H,3-10H2,1-2H3. The third-order valence-corrected chi connectivity index (χ3v) is 7.39. The Bertz CT molecular complexity index is 634. The summed E-state index contributed by atoms with van der Waals surface area (Å²) in [6.07, 6.45) is 13.9. The first-order valence-corrected chi connectivity index (χ1v) is 15.1. The summed E-state index contributed by atoms with van der Waals surface area (Å²) in [5.41, 5.74) is 0. The van der Waals surface area contributed by atoms with E-state index >= 15 is 0 Å². The van der Waals surface area contributed by atoms with Crippen LogP contribution in [-0.4, -0.2) is 50.3 Å². The summed E-state index contributed by atoms with van der Waals surface area (Å²) >= 11 is 0. The van der Waals surface area contributed by atoms with Crippen LogP contribution in [0.25, 0.3) is 0 Å². The molecule has 4 unspecified atom stereocenters. The summed E-state index contributed by atoms with van der Waals surface area (Å²) in [4.78, 5) is 48.2. The zero-order valence-electron chi connectivity index (χ0n) is 24.3. The Morgan fingerprint density at radius 1 is 0.395 bits per heavy atom. The molecule has 0 aliphatic heterocycles. The normalized spacial score (nSPS) is 24.7. The van der Waals surface area contributed by atoms with E-state index in [1.165, 1.54) is 12.8 Å². The maximum absolute atomic E-state index is 12.2. The van der Waals surface area contributed by atoms with Gasteiger partial charge in [-0.15, -0.1) is 0 Å². The van der Waals surface area contributed by atoms with Crippen molar-refractivity contribution < 1.29 is 38.1 Å². The van der Waals surface area contributed by atoms with Crippen LogP contribution in [0.3, 0.4) is 0 Å². The number of hydrogen-bond acceptors (Lipinski definition) is 8. The second kappa shape index (κ2) is 20.8. The number of esters is 4. The van der Waals surface area contributed by atoms with E-state index in [0.717, 1.165) is 77.0 Å². The molecule has 2 aliphatic carbocycles. The lowest BCUT2D eigenvalue weighted by molar-refractivity contribution is -0.161. The lowest BCUT2D eigenvalue weighted by atomic mass is 9.81. The van der Waals surface area contributed by atoms with Crippen molar-refractivity contribution in [3.63, 3.8) is 0 Å². The lowest BCUT2D eigenvalue weighted by Crippen LogP contribution is -2.33. The van der Waals surface area contributed by atoms with E-state index in [1.807, 2.05) is 0 Å². The van der Waals surface area contributed by atoms with Gasteiger partial charge in [-0.05, 0) is 53.4 Å². The summed E-state index contributed by atoms with van der Waals surface area (Å²) in [6.45, 7) is 8.65. The minimum Gasteiger partial charge on any atom is -0.466 e. The maximum Gasteiger partial charge on any atom is 0.309 e. The largest absolute Gasteiger partial charge is 0.466 e. The van der Waals surface area contributed by atoms with E-state index in [4.69, 9.17) is 18.9 Å². The van der Waals surface area contributed by atoms with E-state index in [-0.39, 0.29) is 47.5 Å². The second-order valence-corrected chi connectivity index (χ2v) is 10.1. The Labute approximate surface area is 229 Å². The predicted molar refractivity (Wildman–Crippen MR) is 145 cm³/mol. The number of rotatable bonds is 8. The molecule has 38 heavy (non-hydrogen) atoms. The third-order valence-electron chi connectivity index (χ3n) is 7.39. The summed E-state index contributed by atoms with van der Waals surface area (Å²) in [5, 5.41) is 0. The molecule has 0 saturated heterocycles. The Morgan fingerprint density at radius 2 is 0.579 bits per heavy atom. The van der Waals surface area contributed by atoms with E-state index in [1.54, 1.807) is 27.7 Å². The zero-order valence-corrected chi connectivity index (χ0v) is 24.3. The number of ether oxygens (including phenoxy) is 4. The number of carbonyl (C=O) groups excluding carboxylic acids is 4. The van der Waals surface area contributed by atoms with Crippen molar-refractivity contribution in [1.29, 1.82) is 0 Å². The molecule has 0 N–H and O–H groups in total. The molecule has 0 heterocycles. The van der Waals surface area contributed by atoms with Crippen LogP contribution in [-0.2, 0) is 38.1 Å². The SMILES string of the molecule is CCOC(=O)C1CCCCCCC1C(=O)OCC.CCOC(=O)C1CCCCCCCCC1C(=O)OCC. The van der Waals surface area contributed by atoms with Gasteiger partial charge in [-0.2, -0.15) is 0 Å². The molecule has 0 bridgehead atoms. The summed E-state index contributed by atoms with van der Waals surface area (Å²) < 4.78 is 20.5. The summed E-state index contributed by atoms with van der Waals surface area (Å²) in [6, 6.07) is 0. The smallest absolute Gasteiger partial charge is 0.309 e. The number of hydrogen-bond donors (Lipinski definition) is 0. The van der Waals surface area contributed by atoms with Gasteiger partial charge in [-0.25, -0.2) is 0 Å². The van der Waals surface area contributed by atoms with E-state index in [2.05, 4.69) is 0 Å². The van der Waals surface area contributed by atoms with Crippen molar-refractivity contribution in [2.24, 2.45) is 23.7 Å². The minimum atomic E-state index is -0.327. The Balaban J connectivity index is 0.000000382. The van der Waals surface area contributed by atoms with Crippen LogP contribution in [0.1, 0.15) is 118 Å². The van der Waals surface area contributed by atoms with Crippen LogP contribution in [0.2, 0.25) is 0 Å². The van der Waals surface area contributed by atoms with E-state index < -0.39 is 0 Å². The highest BCUT2D eigenvalue weighted by atomic mass is 16.5.